The Hall–Kier alpha value is -0.620. The molecule has 0 rings (SSSR count). The number of ether oxygens (including phenoxy) is 1. The van der Waals surface area contributed by atoms with Gasteiger partial charge in [0.15, 0.2) is 9.84 Å². The molecule has 0 aromatic rings. The first-order valence-electron chi connectivity index (χ1n) is 5.98. The van der Waals surface area contributed by atoms with Gasteiger partial charge < -0.3 is 10.1 Å². The van der Waals surface area contributed by atoms with Gasteiger partial charge >= 0.3 is 5.97 Å². The van der Waals surface area contributed by atoms with Crippen molar-refractivity contribution in [1.82, 2.24) is 5.32 Å². The van der Waals surface area contributed by atoms with E-state index in [4.69, 9.17) is 4.74 Å². The van der Waals surface area contributed by atoms with Crippen LogP contribution in [0.5, 0.6) is 0 Å². The molecule has 0 aromatic carbocycles. The quantitative estimate of drug-likeness (QED) is 0.764. The zero-order valence-electron chi connectivity index (χ0n) is 12.2. The zero-order chi connectivity index (χ0) is 14.6. The topological polar surface area (TPSA) is 72.5 Å². The monoisotopic (exact) mass is 279 g/mol. The number of sulfone groups is 1. The van der Waals surface area contributed by atoms with Crippen LogP contribution in [-0.2, 0) is 19.4 Å². The van der Waals surface area contributed by atoms with E-state index in [9.17, 15) is 13.2 Å². The number of esters is 1. The van der Waals surface area contributed by atoms with Crippen LogP contribution < -0.4 is 5.32 Å². The first-order chi connectivity index (χ1) is 7.81. The van der Waals surface area contributed by atoms with Crippen LogP contribution in [0.3, 0.4) is 0 Å². The van der Waals surface area contributed by atoms with Gasteiger partial charge in [-0.3, -0.25) is 4.79 Å². The summed E-state index contributed by atoms with van der Waals surface area (Å²) in [5, 5.41) is 3.07. The van der Waals surface area contributed by atoms with Crippen molar-refractivity contribution >= 4 is 15.8 Å². The third kappa shape index (κ3) is 10.5. The van der Waals surface area contributed by atoms with E-state index in [1.807, 2.05) is 20.8 Å². The number of hydrogen-bond donors (Lipinski definition) is 1. The second-order valence-electron chi connectivity index (χ2n) is 6.36. The maximum absolute atomic E-state index is 11.7. The van der Waals surface area contributed by atoms with Crippen LogP contribution in [0, 0.1) is 0 Å². The van der Waals surface area contributed by atoms with Gasteiger partial charge in [0.1, 0.15) is 11.4 Å². The SMILES string of the molecule is CC(C)(C)NCCS(=O)(=O)CC(=O)OC(C)(C)C. The molecule has 108 valence electrons. The lowest BCUT2D eigenvalue weighted by Gasteiger charge is -2.21. The molecule has 0 radical (unpaired) electrons. The van der Waals surface area contributed by atoms with Crippen LogP contribution in [0.25, 0.3) is 0 Å². The first-order valence-corrected chi connectivity index (χ1v) is 7.80. The van der Waals surface area contributed by atoms with Crippen molar-refractivity contribution in [1.29, 1.82) is 0 Å². The molecule has 0 spiro atoms. The van der Waals surface area contributed by atoms with Gasteiger partial charge in [0.25, 0.3) is 0 Å². The van der Waals surface area contributed by atoms with Gasteiger partial charge in [0.2, 0.25) is 0 Å². The molecule has 0 saturated carbocycles. The van der Waals surface area contributed by atoms with Gasteiger partial charge in [-0.25, -0.2) is 8.42 Å². The summed E-state index contributed by atoms with van der Waals surface area (Å²) in [4.78, 5) is 11.4. The molecule has 6 heteroatoms. The Kier molecular flexibility index (Phi) is 5.81. The van der Waals surface area contributed by atoms with Gasteiger partial charge in [0.05, 0.1) is 5.75 Å². The van der Waals surface area contributed by atoms with Gasteiger partial charge in [-0.15, -0.1) is 0 Å². The number of carbonyl (C=O) groups excluding carboxylic acids is 1. The number of rotatable bonds is 5. The van der Waals surface area contributed by atoms with Crippen LogP contribution in [0.1, 0.15) is 41.5 Å². The molecule has 0 aliphatic rings. The van der Waals surface area contributed by atoms with E-state index in [-0.39, 0.29) is 11.3 Å². The molecule has 5 nitrogen and oxygen atoms in total. The lowest BCUT2D eigenvalue weighted by atomic mass is 10.1. The van der Waals surface area contributed by atoms with Crippen molar-refractivity contribution in [3.63, 3.8) is 0 Å². The van der Waals surface area contributed by atoms with Crippen molar-refractivity contribution in [2.24, 2.45) is 0 Å². The molecule has 0 saturated heterocycles. The van der Waals surface area contributed by atoms with Crippen molar-refractivity contribution in [2.75, 3.05) is 18.1 Å². The number of carbonyl (C=O) groups is 1. The average molecular weight is 279 g/mol. The van der Waals surface area contributed by atoms with Crippen LogP contribution in [0.2, 0.25) is 0 Å². The molecule has 1 N–H and O–H groups in total. The maximum Gasteiger partial charge on any atom is 0.321 e. The summed E-state index contributed by atoms with van der Waals surface area (Å²) in [6.07, 6.45) is 0. The number of nitrogens with one attached hydrogen (secondary N) is 1. The Labute approximate surface area is 110 Å². The molecule has 0 unspecified atom stereocenters. The molecule has 0 fully saturated rings. The van der Waals surface area contributed by atoms with E-state index in [1.54, 1.807) is 20.8 Å². The highest BCUT2D eigenvalue weighted by molar-refractivity contribution is 7.92. The van der Waals surface area contributed by atoms with Crippen LogP contribution >= 0.6 is 0 Å². The predicted molar refractivity (Wildman–Crippen MR) is 72.3 cm³/mol. The largest absolute Gasteiger partial charge is 0.459 e. The molecular weight excluding hydrogens is 254 g/mol. The minimum Gasteiger partial charge on any atom is -0.459 e. The lowest BCUT2D eigenvalue weighted by Crippen LogP contribution is -2.39. The maximum atomic E-state index is 11.7. The van der Waals surface area contributed by atoms with Crippen molar-refractivity contribution in [3.8, 4) is 0 Å². The summed E-state index contributed by atoms with van der Waals surface area (Å²) in [6.45, 7) is 11.3. The highest BCUT2D eigenvalue weighted by Crippen LogP contribution is 2.08. The lowest BCUT2D eigenvalue weighted by molar-refractivity contribution is -0.151. The molecule has 0 amide bonds. The van der Waals surface area contributed by atoms with E-state index >= 15 is 0 Å². The van der Waals surface area contributed by atoms with E-state index in [2.05, 4.69) is 5.32 Å². The third-order valence-corrected chi connectivity index (χ3v) is 3.33. The van der Waals surface area contributed by atoms with Gasteiger partial charge in [0, 0.05) is 12.1 Å². The van der Waals surface area contributed by atoms with E-state index in [0.29, 0.717) is 6.54 Å². The van der Waals surface area contributed by atoms with Crippen molar-refractivity contribution in [2.45, 2.75) is 52.7 Å². The van der Waals surface area contributed by atoms with E-state index < -0.39 is 27.2 Å². The smallest absolute Gasteiger partial charge is 0.321 e. The Morgan fingerprint density at radius 2 is 1.61 bits per heavy atom. The van der Waals surface area contributed by atoms with E-state index in [0.717, 1.165) is 0 Å². The molecule has 0 aromatic heterocycles. The molecule has 0 aliphatic carbocycles. The normalized spacial score (nSPS) is 13.4. The first kappa shape index (κ1) is 17.4. The van der Waals surface area contributed by atoms with Crippen molar-refractivity contribution < 1.29 is 17.9 Å². The second-order valence-corrected chi connectivity index (χ2v) is 8.54. The molecule has 0 bridgehead atoms. The van der Waals surface area contributed by atoms with Crippen molar-refractivity contribution in [3.05, 3.63) is 0 Å². The third-order valence-electron chi connectivity index (χ3n) is 1.83. The summed E-state index contributed by atoms with van der Waals surface area (Å²) in [7, 11) is -3.41. The number of hydrogen-bond acceptors (Lipinski definition) is 5. The summed E-state index contributed by atoms with van der Waals surface area (Å²) in [5.41, 5.74) is -0.794. The average Bonchev–Trinajstić information content (AvgIpc) is 1.93. The van der Waals surface area contributed by atoms with Crippen LogP contribution in [0.15, 0.2) is 0 Å². The zero-order valence-corrected chi connectivity index (χ0v) is 13.0. The molecule has 0 heterocycles. The summed E-state index contributed by atoms with van der Waals surface area (Å²) in [5.74, 6) is -1.32. The Bertz CT molecular complexity index is 374. The highest BCUT2D eigenvalue weighted by Gasteiger charge is 2.23. The molecule has 18 heavy (non-hydrogen) atoms. The van der Waals surface area contributed by atoms with Crippen LogP contribution in [0.4, 0.5) is 0 Å². The molecule has 0 atom stereocenters. The highest BCUT2D eigenvalue weighted by atomic mass is 32.2. The van der Waals surface area contributed by atoms with Gasteiger partial charge in [-0.05, 0) is 41.5 Å². The van der Waals surface area contributed by atoms with E-state index in [1.165, 1.54) is 0 Å². The van der Waals surface area contributed by atoms with Gasteiger partial charge in [-0.1, -0.05) is 0 Å². The standard InChI is InChI=1S/C12H25NO4S/c1-11(2,3)13-7-8-18(15,16)9-10(14)17-12(4,5)6/h13H,7-9H2,1-6H3. The van der Waals surface area contributed by atoms with Gasteiger partial charge in [-0.2, -0.15) is 0 Å². The Balaban J connectivity index is 4.21. The fourth-order valence-electron chi connectivity index (χ4n) is 1.20. The summed E-state index contributed by atoms with van der Waals surface area (Å²) in [6, 6.07) is 0. The predicted octanol–water partition coefficient (Wildman–Crippen LogP) is 1.13. The minimum absolute atomic E-state index is 0.0660. The van der Waals surface area contributed by atoms with Crippen LogP contribution in [-0.4, -0.2) is 43.6 Å². The molecule has 0 aliphatic heterocycles. The Morgan fingerprint density at radius 3 is 2.00 bits per heavy atom. The fraction of sp³-hybridized carbons (Fsp3) is 0.917. The second kappa shape index (κ2) is 6.02. The summed E-state index contributed by atoms with van der Waals surface area (Å²) >= 11 is 0. The fourth-order valence-corrected chi connectivity index (χ4v) is 2.18. The summed E-state index contributed by atoms with van der Waals surface area (Å²) < 4.78 is 28.3. The minimum atomic E-state index is -3.41. The molecular formula is C12H25NO4S. The Morgan fingerprint density at radius 1 is 1.11 bits per heavy atom.